The van der Waals surface area contributed by atoms with Crippen molar-refractivity contribution in [2.45, 2.75) is 83.5 Å². The van der Waals surface area contributed by atoms with Gasteiger partial charge in [-0.15, -0.1) is 0 Å². The Kier molecular flexibility index (Phi) is 21.8. The predicted octanol–water partition coefficient (Wildman–Crippen LogP) is 0.693. The zero-order valence-corrected chi connectivity index (χ0v) is 38.2. The third kappa shape index (κ3) is 14.7. The standard InChI is InChI=1S/C45H72N2O6.2HI/c1-46(21-25-48,22-26-49)19-7-3-5-9-29-52-42-15-11-38(12-16-42)44(45-40-32-36-31-37(34-40)35-41(45)33-36)39-13-17-43(18-14-39)53-30-10-6-4-8-20-47(2,23-27-50)24-28-51;;/h11-18,36-37,40-41,48-51H,3-10,19-35H2,1-2H3;2*1H/q+2;;/p-2. The fraction of sp³-hybridized carbons (Fsp3) is 0.689. The number of benzene rings is 2. The minimum absolute atomic E-state index is 0. The summed E-state index contributed by atoms with van der Waals surface area (Å²) in [5, 5.41) is 37.6. The number of halogens is 2. The lowest BCUT2D eigenvalue weighted by molar-refractivity contribution is -0.910. The molecule has 0 aliphatic heterocycles. The molecule has 55 heavy (non-hydrogen) atoms. The second-order valence-corrected chi connectivity index (χ2v) is 17.2. The van der Waals surface area contributed by atoms with Crippen molar-refractivity contribution in [1.82, 2.24) is 0 Å². The number of aliphatic hydroxyl groups excluding tert-OH is 4. The number of ether oxygens (including phenoxy) is 2. The Labute approximate surface area is 366 Å². The third-order valence-electron chi connectivity index (χ3n) is 12.9. The molecule has 4 aliphatic carbocycles. The molecule has 4 bridgehead atoms. The number of quaternary nitrogens is 2. The minimum Gasteiger partial charge on any atom is -1.00 e. The van der Waals surface area contributed by atoms with E-state index in [2.05, 4.69) is 62.6 Å². The Hall–Kier alpha value is -1.000. The van der Waals surface area contributed by atoms with Crippen LogP contribution in [0.1, 0.15) is 94.6 Å². The first-order valence-electron chi connectivity index (χ1n) is 21.1. The van der Waals surface area contributed by atoms with Crippen molar-refractivity contribution in [2.24, 2.45) is 23.7 Å². The molecule has 4 saturated carbocycles. The third-order valence-corrected chi connectivity index (χ3v) is 12.9. The number of rotatable bonds is 26. The van der Waals surface area contributed by atoms with Gasteiger partial charge in [0.15, 0.2) is 0 Å². The van der Waals surface area contributed by atoms with Gasteiger partial charge in [0, 0.05) is 0 Å². The fourth-order valence-corrected chi connectivity index (χ4v) is 9.95. The number of nitrogens with zero attached hydrogens (tertiary/aromatic N) is 2. The van der Waals surface area contributed by atoms with Gasteiger partial charge in [0.2, 0.25) is 0 Å². The van der Waals surface area contributed by atoms with Gasteiger partial charge >= 0.3 is 0 Å². The second kappa shape index (κ2) is 24.8. The molecule has 6 rings (SSSR count). The van der Waals surface area contributed by atoms with Crippen molar-refractivity contribution in [3.8, 4) is 11.5 Å². The van der Waals surface area contributed by atoms with Crippen LogP contribution >= 0.6 is 0 Å². The maximum absolute atomic E-state index is 9.40. The normalized spacial score (nSPS) is 20.2. The van der Waals surface area contributed by atoms with E-state index in [0.717, 1.165) is 110 Å². The maximum Gasteiger partial charge on any atom is 0.119 e. The van der Waals surface area contributed by atoms with Gasteiger partial charge < -0.3 is 86.8 Å². The number of likely N-dealkylation sites (N-methyl/N-ethyl adjacent to an activating group) is 2. The quantitative estimate of drug-likeness (QED) is 0.0631. The second-order valence-electron chi connectivity index (χ2n) is 17.2. The van der Waals surface area contributed by atoms with Gasteiger partial charge in [0.25, 0.3) is 0 Å². The first-order chi connectivity index (χ1) is 25.8. The molecule has 2 aromatic rings. The van der Waals surface area contributed by atoms with Crippen molar-refractivity contribution < 1.29 is 86.8 Å². The largest absolute Gasteiger partial charge is 1.00 e. The molecule has 8 nitrogen and oxygen atoms in total. The molecule has 0 atom stereocenters. The van der Waals surface area contributed by atoms with Gasteiger partial charge in [-0.25, -0.2) is 0 Å². The Morgan fingerprint density at radius 2 is 0.836 bits per heavy atom. The van der Waals surface area contributed by atoms with Crippen molar-refractivity contribution in [2.75, 3.05) is 93.0 Å². The lowest BCUT2D eigenvalue weighted by Gasteiger charge is -2.52. The van der Waals surface area contributed by atoms with E-state index in [0.29, 0.717) is 38.0 Å². The molecule has 2 aromatic carbocycles. The average Bonchev–Trinajstić information content (AvgIpc) is 3.13. The molecule has 4 fully saturated rings. The van der Waals surface area contributed by atoms with Gasteiger partial charge in [-0.1, -0.05) is 29.8 Å². The molecule has 0 aromatic heterocycles. The van der Waals surface area contributed by atoms with Crippen LogP contribution in [-0.2, 0) is 0 Å². The van der Waals surface area contributed by atoms with Crippen LogP contribution in [0.5, 0.6) is 11.5 Å². The first-order valence-corrected chi connectivity index (χ1v) is 21.1. The molecule has 4 N–H and O–H groups in total. The summed E-state index contributed by atoms with van der Waals surface area (Å²) in [6.07, 6.45) is 15.6. The van der Waals surface area contributed by atoms with Gasteiger partial charge in [-0.05, 0) is 148 Å². The minimum atomic E-state index is 0. The van der Waals surface area contributed by atoms with Crippen molar-refractivity contribution in [3.05, 3.63) is 65.2 Å². The van der Waals surface area contributed by atoms with Crippen molar-refractivity contribution in [1.29, 1.82) is 0 Å². The highest BCUT2D eigenvalue weighted by atomic mass is 127. The highest BCUT2D eigenvalue weighted by Gasteiger charge is 2.46. The van der Waals surface area contributed by atoms with E-state index in [1.807, 2.05) is 0 Å². The number of aliphatic hydroxyl groups is 4. The molecule has 0 radical (unpaired) electrons. The van der Waals surface area contributed by atoms with E-state index >= 15 is 0 Å². The van der Waals surface area contributed by atoms with Gasteiger partial charge in [0.05, 0.1) is 66.8 Å². The molecule has 0 spiro atoms. The van der Waals surface area contributed by atoms with E-state index in [-0.39, 0.29) is 74.4 Å². The Bertz CT molecular complexity index is 1270. The Morgan fingerprint density at radius 1 is 0.491 bits per heavy atom. The summed E-state index contributed by atoms with van der Waals surface area (Å²) in [7, 11) is 4.25. The molecule has 0 unspecified atom stereocenters. The summed E-state index contributed by atoms with van der Waals surface area (Å²) < 4.78 is 13.9. The van der Waals surface area contributed by atoms with E-state index in [9.17, 15) is 20.4 Å². The fourth-order valence-electron chi connectivity index (χ4n) is 9.95. The highest BCUT2D eigenvalue weighted by Crippen LogP contribution is 2.58. The zero-order chi connectivity index (χ0) is 37.5. The van der Waals surface area contributed by atoms with E-state index in [4.69, 9.17) is 9.47 Å². The van der Waals surface area contributed by atoms with Crippen LogP contribution in [0.4, 0.5) is 0 Å². The van der Waals surface area contributed by atoms with Crippen molar-refractivity contribution >= 4 is 5.57 Å². The van der Waals surface area contributed by atoms with Crippen LogP contribution in [0.15, 0.2) is 54.1 Å². The van der Waals surface area contributed by atoms with Gasteiger partial charge in [0.1, 0.15) is 37.7 Å². The summed E-state index contributed by atoms with van der Waals surface area (Å²) in [6, 6.07) is 17.8. The SMILES string of the molecule is C[N+](CCO)(CCO)CCCCCCOc1ccc(C(=C2C3CC4CC(C3)CC2C4)c2ccc(OCCCCCC[N+](C)(CCO)CCO)cc2)cc1.[I-].[I-]. The van der Waals surface area contributed by atoms with Crippen LogP contribution in [0.3, 0.4) is 0 Å². The summed E-state index contributed by atoms with van der Waals surface area (Å²) in [5.74, 6) is 5.13. The summed E-state index contributed by atoms with van der Waals surface area (Å²) in [5.41, 5.74) is 5.75. The summed E-state index contributed by atoms with van der Waals surface area (Å²) in [4.78, 5) is 0. The Morgan fingerprint density at radius 3 is 1.18 bits per heavy atom. The van der Waals surface area contributed by atoms with Crippen LogP contribution in [0, 0.1) is 23.7 Å². The molecule has 0 saturated heterocycles. The monoisotopic (exact) mass is 990 g/mol. The number of allylic oxidation sites excluding steroid dienone is 1. The molecule has 312 valence electrons. The highest BCUT2D eigenvalue weighted by molar-refractivity contribution is 5.83. The molecule has 0 amide bonds. The van der Waals surface area contributed by atoms with Crippen LogP contribution in [0.25, 0.3) is 5.57 Å². The number of hydrogen-bond acceptors (Lipinski definition) is 6. The molecule has 4 aliphatic rings. The molecular weight excluding hydrogens is 918 g/mol. The van der Waals surface area contributed by atoms with Gasteiger partial charge in [-0.3, -0.25) is 0 Å². The number of hydrogen-bond donors (Lipinski definition) is 4. The molecular formula is C45H72I2N2O6. The van der Waals surface area contributed by atoms with Crippen LogP contribution in [-0.4, -0.2) is 122 Å². The van der Waals surface area contributed by atoms with Crippen LogP contribution in [0.2, 0.25) is 0 Å². The Balaban J connectivity index is 0.00000406. The van der Waals surface area contributed by atoms with Crippen molar-refractivity contribution in [3.63, 3.8) is 0 Å². The summed E-state index contributed by atoms with van der Waals surface area (Å²) >= 11 is 0. The topological polar surface area (TPSA) is 99.4 Å². The lowest BCUT2D eigenvalue weighted by Crippen LogP contribution is -3.00. The average molecular weight is 991 g/mol. The summed E-state index contributed by atoms with van der Waals surface area (Å²) in [6.45, 7) is 6.84. The van der Waals surface area contributed by atoms with E-state index in [1.54, 1.807) is 5.57 Å². The van der Waals surface area contributed by atoms with E-state index in [1.165, 1.54) is 48.8 Å². The predicted molar refractivity (Wildman–Crippen MR) is 214 cm³/mol. The van der Waals surface area contributed by atoms with E-state index < -0.39 is 0 Å². The first kappa shape index (κ1) is 48.4. The number of unbranched alkanes of at least 4 members (excludes halogenated alkanes) is 6. The van der Waals surface area contributed by atoms with Gasteiger partial charge in [-0.2, -0.15) is 0 Å². The molecule has 10 heteroatoms. The van der Waals surface area contributed by atoms with Crippen LogP contribution < -0.4 is 57.4 Å². The maximum atomic E-state index is 9.40. The smallest absolute Gasteiger partial charge is 0.119 e. The molecule has 0 heterocycles. The lowest BCUT2D eigenvalue weighted by atomic mass is 9.53. The zero-order valence-electron chi connectivity index (χ0n) is 33.9.